The van der Waals surface area contributed by atoms with Gasteiger partial charge in [0.15, 0.2) is 0 Å². The number of fused-ring (bicyclic) bond motifs is 1. The molecule has 1 fully saturated rings. The molecule has 0 N–H and O–H groups in total. The van der Waals surface area contributed by atoms with E-state index in [2.05, 4.69) is 21.9 Å². The Morgan fingerprint density at radius 3 is 2.58 bits per heavy atom. The Balaban J connectivity index is 1.54. The third-order valence-corrected chi connectivity index (χ3v) is 4.82. The van der Waals surface area contributed by atoms with Crippen LogP contribution in [0.4, 0.5) is 0 Å². The number of nitrogens with zero attached hydrogens (tertiary/aromatic N) is 2. The molecule has 1 saturated heterocycles. The van der Waals surface area contributed by atoms with Gasteiger partial charge in [0.1, 0.15) is 0 Å². The molecule has 0 aliphatic carbocycles. The fourth-order valence-electron chi connectivity index (χ4n) is 3.28. The smallest absolute Gasteiger partial charge is 0.0441 e. The van der Waals surface area contributed by atoms with Gasteiger partial charge in [-0.1, -0.05) is 30.2 Å². The SMILES string of the molecule is Clc1cccc2c1CCN(CCN1CCCCC1)C2. The van der Waals surface area contributed by atoms with Gasteiger partial charge in [0.2, 0.25) is 0 Å². The van der Waals surface area contributed by atoms with Crippen molar-refractivity contribution in [1.82, 2.24) is 9.80 Å². The lowest BCUT2D eigenvalue weighted by Gasteiger charge is -2.33. The Bertz CT molecular complexity index is 427. The molecule has 2 aliphatic heterocycles. The van der Waals surface area contributed by atoms with Crippen molar-refractivity contribution in [2.45, 2.75) is 32.2 Å². The lowest BCUT2D eigenvalue weighted by atomic mass is 10.00. The van der Waals surface area contributed by atoms with Crippen LogP contribution in [-0.4, -0.2) is 42.5 Å². The van der Waals surface area contributed by atoms with Crippen LogP contribution in [0.5, 0.6) is 0 Å². The van der Waals surface area contributed by atoms with Crippen molar-refractivity contribution in [3.63, 3.8) is 0 Å². The fourth-order valence-corrected chi connectivity index (χ4v) is 3.57. The Kier molecular flexibility index (Phi) is 4.42. The van der Waals surface area contributed by atoms with Crippen molar-refractivity contribution >= 4 is 11.6 Å². The molecule has 0 saturated carbocycles. The van der Waals surface area contributed by atoms with E-state index in [-0.39, 0.29) is 0 Å². The molecular formula is C16H23ClN2. The van der Waals surface area contributed by atoms with Gasteiger partial charge >= 0.3 is 0 Å². The summed E-state index contributed by atoms with van der Waals surface area (Å²) < 4.78 is 0. The first kappa shape index (κ1) is 13.4. The highest BCUT2D eigenvalue weighted by Crippen LogP contribution is 2.25. The predicted molar refractivity (Wildman–Crippen MR) is 80.7 cm³/mol. The van der Waals surface area contributed by atoms with E-state index in [0.29, 0.717) is 0 Å². The summed E-state index contributed by atoms with van der Waals surface area (Å²) in [6.45, 7) is 7.27. The minimum atomic E-state index is 0.952. The average molecular weight is 279 g/mol. The van der Waals surface area contributed by atoms with Crippen molar-refractivity contribution in [2.24, 2.45) is 0 Å². The number of likely N-dealkylation sites (tertiary alicyclic amines) is 1. The van der Waals surface area contributed by atoms with Crippen LogP contribution < -0.4 is 0 Å². The van der Waals surface area contributed by atoms with E-state index in [9.17, 15) is 0 Å². The standard InChI is InChI=1S/C16H23ClN2/c17-16-6-4-5-14-13-19(10-7-15(14)16)12-11-18-8-2-1-3-9-18/h4-6H,1-3,7-13H2. The van der Waals surface area contributed by atoms with Gasteiger partial charge in [0.25, 0.3) is 0 Å². The van der Waals surface area contributed by atoms with Gasteiger partial charge in [-0.3, -0.25) is 4.90 Å². The number of hydrogen-bond acceptors (Lipinski definition) is 2. The Morgan fingerprint density at radius 1 is 0.947 bits per heavy atom. The molecule has 0 amide bonds. The number of halogens is 1. The fraction of sp³-hybridized carbons (Fsp3) is 0.625. The summed E-state index contributed by atoms with van der Waals surface area (Å²) in [5.74, 6) is 0. The molecule has 0 unspecified atom stereocenters. The molecule has 0 radical (unpaired) electrons. The van der Waals surface area contributed by atoms with E-state index < -0.39 is 0 Å². The number of hydrogen-bond donors (Lipinski definition) is 0. The highest BCUT2D eigenvalue weighted by atomic mass is 35.5. The van der Waals surface area contributed by atoms with Crippen molar-refractivity contribution in [1.29, 1.82) is 0 Å². The Hall–Kier alpha value is -0.570. The number of benzene rings is 1. The van der Waals surface area contributed by atoms with Gasteiger partial charge in [-0.15, -0.1) is 0 Å². The predicted octanol–water partition coefficient (Wildman–Crippen LogP) is 3.18. The van der Waals surface area contributed by atoms with E-state index in [4.69, 9.17) is 11.6 Å². The third-order valence-electron chi connectivity index (χ3n) is 4.47. The molecule has 1 aromatic rings. The number of rotatable bonds is 3. The molecule has 0 atom stereocenters. The zero-order valence-electron chi connectivity index (χ0n) is 11.6. The summed E-state index contributed by atoms with van der Waals surface area (Å²) in [7, 11) is 0. The Labute approximate surface area is 121 Å². The first-order valence-corrected chi connectivity index (χ1v) is 7.92. The molecule has 0 aromatic heterocycles. The maximum absolute atomic E-state index is 6.26. The second-order valence-electron chi connectivity index (χ2n) is 5.81. The van der Waals surface area contributed by atoms with Crippen molar-refractivity contribution in [2.75, 3.05) is 32.7 Å². The van der Waals surface area contributed by atoms with Crippen LogP contribution in [0.2, 0.25) is 5.02 Å². The molecule has 104 valence electrons. The van der Waals surface area contributed by atoms with Gasteiger partial charge in [-0.25, -0.2) is 0 Å². The van der Waals surface area contributed by atoms with Crippen molar-refractivity contribution in [3.05, 3.63) is 34.3 Å². The highest BCUT2D eigenvalue weighted by Gasteiger charge is 2.19. The summed E-state index contributed by atoms with van der Waals surface area (Å²) in [6, 6.07) is 6.33. The van der Waals surface area contributed by atoms with Crippen molar-refractivity contribution < 1.29 is 0 Å². The molecular weight excluding hydrogens is 256 g/mol. The van der Waals surface area contributed by atoms with Crippen LogP contribution in [-0.2, 0) is 13.0 Å². The van der Waals surface area contributed by atoms with Crippen LogP contribution in [0.3, 0.4) is 0 Å². The monoisotopic (exact) mass is 278 g/mol. The van der Waals surface area contributed by atoms with Gasteiger partial charge in [-0.2, -0.15) is 0 Å². The summed E-state index contributed by atoms with van der Waals surface area (Å²) in [4.78, 5) is 5.20. The van der Waals surface area contributed by atoms with E-state index in [1.807, 2.05) is 6.07 Å². The molecule has 3 heteroatoms. The van der Waals surface area contributed by atoms with Crippen LogP contribution in [0.1, 0.15) is 30.4 Å². The van der Waals surface area contributed by atoms with E-state index in [1.54, 1.807) is 0 Å². The van der Waals surface area contributed by atoms with Crippen LogP contribution in [0, 0.1) is 0 Å². The third kappa shape index (κ3) is 3.31. The second-order valence-corrected chi connectivity index (χ2v) is 6.21. The first-order chi connectivity index (χ1) is 9.33. The van der Waals surface area contributed by atoms with Gasteiger partial charge in [0, 0.05) is 31.2 Å². The zero-order valence-corrected chi connectivity index (χ0v) is 12.3. The van der Waals surface area contributed by atoms with E-state index in [1.165, 1.54) is 56.6 Å². The molecule has 2 heterocycles. The van der Waals surface area contributed by atoms with Gasteiger partial charge in [-0.05, 0) is 49.5 Å². The lowest BCUT2D eigenvalue weighted by Crippen LogP contribution is -2.39. The van der Waals surface area contributed by atoms with Gasteiger partial charge in [0.05, 0.1) is 0 Å². The number of piperidine rings is 1. The summed E-state index contributed by atoms with van der Waals surface area (Å²) in [5.41, 5.74) is 2.80. The van der Waals surface area contributed by atoms with E-state index >= 15 is 0 Å². The summed E-state index contributed by atoms with van der Waals surface area (Å²) in [5, 5.41) is 0.952. The molecule has 2 aliphatic rings. The van der Waals surface area contributed by atoms with Crippen LogP contribution >= 0.6 is 11.6 Å². The van der Waals surface area contributed by atoms with Crippen LogP contribution in [0.25, 0.3) is 0 Å². The maximum atomic E-state index is 6.26. The maximum Gasteiger partial charge on any atom is 0.0441 e. The van der Waals surface area contributed by atoms with Crippen LogP contribution in [0.15, 0.2) is 18.2 Å². The molecule has 2 nitrogen and oxygen atoms in total. The molecule has 3 rings (SSSR count). The average Bonchev–Trinajstić information content (AvgIpc) is 2.46. The largest absolute Gasteiger partial charge is 0.302 e. The molecule has 19 heavy (non-hydrogen) atoms. The summed E-state index contributed by atoms with van der Waals surface area (Å²) >= 11 is 6.26. The minimum absolute atomic E-state index is 0.952. The van der Waals surface area contributed by atoms with Crippen molar-refractivity contribution in [3.8, 4) is 0 Å². The molecule has 1 aromatic carbocycles. The lowest BCUT2D eigenvalue weighted by molar-refractivity contribution is 0.173. The second kappa shape index (κ2) is 6.25. The molecule has 0 spiro atoms. The first-order valence-electron chi connectivity index (χ1n) is 7.54. The zero-order chi connectivity index (χ0) is 13.1. The van der Waals surface area contributed by atoms with Gasteiger partial charge < -0.3 is 4.90 Å². The summed E-state index contributed by atoms with van der Waals surface area (Å²) in [6.07, 6.45) is 5.30. The Morgan fingerprint density at radius 2 is 1.74 bits per heavy atom. The topological polar surface area (TPSA) is 6.48 Å². The minimum Gasteiger partial charge on any atom is -0.302 e. The molecule has 0 bridgehead atoms. The van der Waals surface area contributed by atoms with E-state index in [0.717, 1.165) is 24.5 Å². The highest BCUT2D eigenvalue weighted by molar-refractivity contribution is 6.31. The normalized spacial score (nSPS) is 21.3. The quantitative estimate of drug-likeness (QED) is 0.838.